The fourth-order valence-electron chi connectivity index (χ4n) is 2.56. The van der Waals surface area contributed by atoms with E-state index in [1.54, 1.807) is 35.8 Å². The molecule has 1 aromatic carbocycles. The molecule has 0 saturated carbocycles. The van der Waals surface area contributed by atoms with Crippen LogP contribution in [-0.2, 0) is 6.54 Å². The second kappa shape index (κ2) is 6.97. The lowest BCUT2D eigenvalue weighted by Crippen LogP contribution is -2.17. The highest BCUT2D eigenvalue weighted by molar-refractivity contribution is 7.09. The van der Waals surface area contributed by atoms with Crippen LogP contribution in [0.15, 0.2) is 64.6 Å². The van der Waals surface area contributed by atoms with Gasteiger partial charge in [-0.3, -0.25) is 4.79 Å². The highest BCUT2D eigenvalue weighted by Crippen LogP contribution is 2.20. The number of nitrogens with one attached hydrogen (secondary N) is 1. The van der Waals surface area contributed by atoms with E-state index in [1.165, 1.54) is 4.68 Å². The monoisotopic (exact) mass is 364 g/mol. The minimum absolute atomic E-state index is 0.243. The Hall–Kier alpha value is -3.19. The summed E-state index contributed by atoms with van der Waals surface area (Å²) >= 11 is 1.64. The zero-order valence-corrected chi connectivity index (χ0v) is 14.9. The third-order valence-electron chi connectivity index (χ3n) is 3.81. The molecule has 0 atom stereocenters. The van der Waals surface area contributed by atoms with Crippen molar-refractivity contribution in [1.82, 2.24) is 14.8 Å². The highest BCUT2D eigenvalue weighted by atomic mass is 32.1. The number of hydrogen-bond donors (Lipinski definition) is 1. The molecule has 4 rings (SSSR count). The van der Waals surface area contributed by atoms with Crippen LogP contribution in [0.5, 0.6) is 0 Å². The lowest BCUT2D eigenvalue weighted by Gasteiger charge is -2.06. The lowest BCUT2D eigenvalue weighted by molar-refractivity contribution is 0.0947. The summed E-state index contributed by atoms with van der Waals surface area (Å²) in [5.74, 6) is 1.02. The molecule has 0 unspecified atom stereocenters. The van der Waals surface area contributed by atoms with E-state index >= 15 is 0 Å². The molecule has 0 aliphatic rings. The van der Waals surface area contributed by atoms with Crippen LogP contribution < -0.4 is 5.32 Å². The molecule has 0 bridgehead atoms. The van der Waals surface area contributed by atoms with Crippen molar-refractivity contribution in [2.24, 2.45) is 0 Å². The highest BCUT2D eigenvalue weighted by Gasteiger charge is 2.20. The second-order valence-corrected chi connectivity index (χ2v) is 6.79. The molecule has 0 radical (unpaired) electrons. The first-order valence-corrected chi connectivity index (χ1v) is 8.97. The average molecular weight is 364 g/mol. The van der Waals surface area contributed by atoms with Gasteiger partial charge in [0, 0.05) is 10.4 Å². The van der Waals surface area contributed by atoms with Crippen molar-refractivity contribution in [2.45, 2.75) is 13.5 Å². The lowest BCUT2D eigenvalue weighted by atomic mass is 10.1. The Morgan fingerprint density at radius 2 is 2.15 bits per heavy atom. The Bertz CT molecular complexity index is 1020. The molecule has 6 nitrogen and oxygen atoms in total. The molecule has 26 heavy (non-hydrogen) atoms. The number of carbonyl (C=O) groups excluding carboxylic acids is 1. The van der Waals surface area contributed by atoms with E-state index in [2.05, 4.69) is 15.4 Å². The number of thiophene rings is 1. The summed E-state index contributed by atoms with van der Waals surface area (Å²) in [7, 11) is 0. The van der Waals surface area contributed by atoms with Crippen LogP contribution in [0.2, 0.25) is 0 Å². The van der Waals surface area contributed by atoms with Gasteiger partial charge in [-0.2, -0.15) is 9.67 Å². The maximum Gasteiger partial charge on any atom is 0.281 e. The average Bonchev–Trinajstić information content (AvgIpc) is 3.40. The van der Waals surface area contributed by atoms with Gasteiger partial charge in [-0.05, 0) is 42.6 Å². The van der Waals surface area contributed by atoms with Gasteiger partial charge >= 0.3 is 0 Å². The normalized spacial score (nSPS) is 10.8. The van der Waals surface area contributed by atoms with Gasteiger partial charge in [0.2, 0.25) is 11.8 Å². The summed E-state index contributed by atoms with van der Waals surface area (Å²) in [6.07, 6.45) is 1.55. The minimum Gasteiger partial charge on any atom is -0.461 e. The van der Waals surface area contributed by atoms with E-state index in [1.807, 2.05) is 42.6 Å². The molecule has 0 aliphatic heterocycles. The first-order valence-electron chi connectivity index (χ1n) is 8.09. The van der Waals surface area contributed by atoms with Gasteiger partial charge in [-0.1, -0.05) is 23.8 Å². The van der Waals surface area contributed by atoms with Gasteiger partial charge in [-0.15, -0.1) is 16.4 Å². The number of aryl methyl sites for hydroxylation is 1. The summed E-state index contributed by atoms with van der Waals surface area (Å²) in [6, 6.07) is 14.9. The Labute approximate surface area is 154 Å². The fourth-order valence-corrected chi connectivity index (χ4v) is 3.20. The molecular formula is C19H16N4O2S. The third kappa shape index (κ3) is 3.29. The van der Waals surface area contributed by atoms with Crippen LogP contribution >= 0.6 is 11.3 Å². The Kier molecular flexibility index (Phi) is 4.37. The van der Waals surface area contributed by atoms with E-state index < -0.39 is 0 Å². The van der Waals surface area contributed by atoms with Gasteiger partial charge in [0.1, 0.15) is 0 Å². The van der Waals surface area contributed by atoms with Crippen molar-refractivity contribution in [3.8, 4) is 11.6 Å². The first-order chi connectivity index (χ1) is 12.7. The number of carbonyl (C=O) groups is 1. The summed E-state index contributed by atoms with van der Waals surface area (Å²) in [4.78, 5) is 18.5. The largest absolute Gasteiger partial charge is 0.461 e. The second-order valence-electron chi connectivity index (χ2n) is 5.76. The van der Waals surface area contributed by atoms with E-state index in [-0.39, 0.29) is 5.91 Å². The predicted molar refractivity (Wildman–Crippen MR) is 100 cm³/mol. The van der Waals surface area contributed by atoms with Gasteiger partial charge in [0.15, 0.2) is 5.76 Å². The molecule has 130 valence electrons. The number of furan rings is 1. The summed E-state index contributed by atoms with van der Waals surface area (Å²) in [5, 5.41) is 9.57. The van der Waals surface area contributed by atoms with Gasteiger partial charge in [0.25, 0.3) is 5.91 Å². The zero-order valence-electron chi connectivity index (χ0n) is 14.0. The third-order valence-corrected chi connectivity index (χ3v) is 4.68. The summed E-state index contributed by atoms with van der Waals surface area (Å²) < 4.78 is 6.66. The van der Waals surface area contributed by atoms with Crippen LogP contribution in [0.25, 0.3) is 11.6 Å². The standard InChI is InChI=1S/C19H16N4O2S/c1-13-5-2-6-14(11-13)18(24)23-19(20-12-15-7-4-10-26-15)21-17(22-23)16-8-3-9-25-16/h2-11H,12H2,1H3,(H,20,21,22). The van der Waals surface area contributed by atoms with E-state index in [0.717, 1.165) is 10.4 Å². The number of rotatable bonds is 5. The number of aromatic nitrogens is 3. The summed E-state index contributed by atoms with van der Waals surface area (Å²) in [5.41, 5.74) is 1.57. The minimum atomic E-state index is -0.243. The van der Waals surface area contributed by atoms with Gasteiger partial charge in [0.05, 0.1) is 12.8 Å². The van der Waals surface area contributed by atoms with Crippen molar-refractivity contribution in [1.29, 1.82) is 0 Å². The maximum absolute atomic E-state index is 13.0. The van der Waals surface area contributed by atoms with Crippen molar-refractivity contribution >= 4 is 23.2 Å². The molecule has 7 heteroatoms. The number of anilines is 1. The Morgan fingerprint density at radius 1 is 1.23 bits per heavy atom. The van der Waals surface area contributed by atoms with Crippen molar-refractivity contribution < 1.29 is 9.21 Å². The number of nitrogens with zero attached hydrogens (tertiary/aromatic N) is 3. The zero-order chi connectivity index (χ0) is 17.9. The molecule has 1 N–H and O–H groups in total. The molecule has 0 amide bonds. The Balaban J connectivity index is 1.69. The summed E-state index contributed by atoms with van der Waals surface area (Å²) in [6.45, 7) is 2.51. The number of benzene rings is 1. The molecular weight excluding hydrogens is 348 g/mol. The van der Waals surface area contributed by atoms with Crippen molar-refractivity contribution in [2.75, 3.05) is 5.32 Å². The predicted octanol–water partition coefficient (Wildman–Crippen LogP) is 4.21. The van der Waals surface area contributed by atoms with Crippen LogP contribution in [0.1, 0.15) is 20.8 Å². The quantitative estimate of drug-likeness (QED) is 0.574. The van der Waals surface area contributed by atoms with Crippen LogP contribution in [0, 0.1) is 6.92 Å². The van der Waals surface area contributed by atoms with Crippen molar-refractivity contribution in [3.63, 3.8) is 0 Å². The molecule has 3 aromatic heterocycles. The topological polar surface area (TPSA) is 73.0 Å². The first kappa shape index (κ1) is 16.3. The maximum atomic E-state index is 13.0. The van der Waals surface area contributed by atoms with Crippen LogP contribution in [0.4, 0.5) is 5.95 Å². The molecule has 4 aromatic rings. The molecule has 0 aliphatic carbocycles. The molecule has 0 saturated heterocycles. The van der Waals surface area contributed by atoms with E-state index in [4.69, 9.17) is 4.42 Å². The molecule has 0 spiro atoms. The molecule has 3 heterocycles. The SMILES string of the molecule is Cc1cccc(C(=O)n2nc(-c3ccco3)nc2NCc2cccs2)c1. The van der Waals surface area contributed by atoms with Gasteiger partial charge < -0.3 is 9.73 Å². The van der Waals surface area contributed by atoms with E-state index in [0.29, 0.717) is 29.6 Å². The Morgan fingerprint density at radius 3 is 2.88 bits per heavy atom. The van der Waals surface area contributed by atoms with Crippen LogP contribution in [0.3, 0.4) is 0 Å². The fraction of sp³-hybridized carbons (Fsp3) is 0.105. The van der Waals surface area contributed by atoms with Crippen molar-refractivity contribution in [3.05, 3.63) is 76.2 Å². The molecule has 0 fully saturated rings. The number of hydrogen-bond acceptors (Lipinski definition) is 6. The van der Waals surface area contributed by atoms with Crippen LogP contribution in [-0.4, -0.2) is 20.7 Å². The van der Waals surface area contributed by atoms with Gasteiger partial charge in [-0.25, -0.2) is 0 Å². The van der Waals surface area contributed by atoms with E-state index in [9.17, 15) is 4.79 Å². The smallest absolute Gasteiger partial charge is 0.281 e.